The van der Waals surface area contributed by atoms with Gasteiger partial charge in [-0.15, -0.1) is 24.0 Å². The van der Waals surface area contributed by atoms with Crippen LogP contribution in [0.1, 0.15) is 18.1 Å². The standard InChI is InChI=1S/C23H30FN5O2.HI/c1-3-28-8-10-29(11-9-28)20-6-4-17(12-19(20)24)14-26-23(25-2)27-15-18-5-7-21-22(13-18)31-16-30-21;/h4-7,12-13H,3,8-11,14-16H2,1-2H3,(H2,25,26,27);1H. The number of benzene rings is 2. The molecule has 0 bridgehead atoms. The van der Waals surface area contributed by atoms with Crippen molar-refractivity contribution in [3.05, 3.63) is 53.3 Å². The average molecular weight is 555 g/mol. The van der Waals surface area contributed by atoms with Gasteiger partial charge in [0.05, 0.1) is 5.69 Å². The third-order valence-electron chi connectivity index (χ3n) is 5.75. The maximum absolute atomic E-state index is 14.7. The molecular weight excluding hydrogens is 524 g/mol. The number of fused-ring (bicyclic) bond motifs is 1. The number of halogens is 2. The molecule has 2 aliphatic rings. The zero-order valence-electron chi connectivity index (χ0n) is 18.6. The monoisotopic (exact) mass is 555 g/mol. The van der Waals surface area contributed by atoms with Crippen LogP contribution in [0.15, 0.2) is 41.4 Å². The van der Waals surface area contributed by atoms with Crippen LogP contribution in [0.25, 0.3) is 0 Å². The Bertz CT molecular complexity index is 935. The van der Waals surface area contributed by atoms with E-state index in [1.807, 2.05) is 30.3 Å². The lowest BCUT2D eigenvalue weighted by molar-refractivity contribution is 0.174. The first-order chi connectivity index (χ1) is 15.2. The third-order valence-corrected chi connectivity index (χ3v) is 5.75. The fraction of sp³-hybridized carbons (Fsp3) is 0.435. The molecule has 0 aromatic heterocycles. The third kappa shape index (κ3) is 5.94. The van der Waals surface area contributed by atoms with Crippen LogP contribution in [0.3, 0.4) is 0 Å². The van der Waals surface area contributed by atoms with Gasteiger partial charge in [0.25, 0.3) is 0 Å². The summed E-state index contributed by atoms with van der Waals surface area (Å²) in [5.41, 5.74) is 2.62. The average Bonchev–Trinajstić information content (AvgIpc) is 3.27. The Balaban J connectivity index is 0.00000289. The quantitative estimate of drug-likeness (QED) is 0.325. The summed E-state index contributed by atoms with van der Waals surface area (Å²) in [4.78, 5) is 8.76. The minimum Gasteiger partial charge on any atom is -0.454 e. The molecule has 2 heterocycles. The van der Waals surface area contributed by atoms with Gasteiger partial charge in [0, 0.05) is 46.3 Å². The topological polar surface area (TPSA) is 61.4 Å². The van der Waals surface area contributed by atoms with E-state index in [9.17, 15) is 4.39 Å². The van der Waals surface area contributed by atoms with Crippen molar-refractivity contribution < 1.29 is 13.9 Å². The van der Waals surface area contributed by atoms with Crippen molar-refractivity contribution >= 4 is 35.6 Å². The normalized spacial score (nSPS) is 16.0. The molecule has 2 aromatic rings. The molecule has 32 heavy (non-hydrogen) atoms. The first kappa shape index (κ1) is 24.4. The maximum Gasteiger partial charge on any atom is 0.231 e. The second kappa shape index (κ2) is 11.6. The molecule has 0 unspecified atom stereocenters. The number of ether oxygens (including phenoxy) is 2. The first-order valence-corrected chi connectivity index (χ1v) is 10.7. The minimum absolute atomic E-state index is 0. The Morgan fingerprint density at radius 2 is 1.62 bits per heavy atom. The number of guanidine groups is 1. The van der Waals surface area contributed by atoms with Crippen molar-refractivity contribution in [2.24, 2.45) is 4.99 Å². The predicted molar refractivity (Wildman–Crippen MR) is 136 cm³/mol. The molecule has 2 aromatic carbocycles. The molecule has 0 amide bonds. The van der Waals surface area contributed by atoms with Crippen LogP contribution in [-0.2, 0) is 13.1 Å². The van der Waals surface area contributed by atoms with Crippen molar-refractivity contribution in [3.63, 3.8) is 0 Å². The molecule has 0 spiro atoms. The SMILES string of the molecule is CCN1CCN(c2ccc(CNC(=NC)NCc3ccc4c(c3)OCO4)cc2F)CC1.I. The summed E-state index contributed by atoms with van der Waals surface area (Å²) in [5.74, 6) is 2.00. The van der Waals surface area contributed by atoms with Gasteiger partial charge in [0.2, 0.25) is 6.79 Å². The highest BCUT2D eigenvalue weighted by Gasteiger charge is 2.18. The van der Waals surface area contributed by atoms with Gasteiger partial charge in [-0.05, 0) is 41.9 Å². The molecule has 0 aliphatic carbocycles. The molecular formula is C23H31FIN5O2. The van der Waals surface area contributed by atoms with Crippen molar-refractivity contribution in [1.82, 2.24) is 15.5 Å². The summed E-state index contributed by atoms with van der Waals surface area (Å²) in [6.45, 7) is 8.22. The van der Waals surface area contributed by atoms with Gasteiger partial charge in [-0.3, -0.25) is 4.99 Å². The van der Waals surface area contributed by atoms with E-state index in [1.165, 1.54) is 0 Å². The van der Waals surface area contributed by atoms with Gasteiger partial charge in [0.1, 0.15) is 5.82 Å². The molecule has 0 saturated carbocycles. The van der Waals surface area contributed by atoms with Crippen molar-refractivity contribution in [1.29, 1.82) is 0 Å². The highest BCUT2D eigenvalue weighted by molar-refractivity contribution is 14.0. The molecule has 2 aliphatic heterocycles. The lowest BCUT2D eigenvalue weighted by Crippen LogP contribution is -2.46. The largest absolute Gasteiger partial charge is 0.454 e. The van der Waals surface area contributed by atoms with E-state index in [0.717, 1.165) is 55.3 Å². The van der Waals surface area contributed by atoms with Gasteiger partial charge in [-0.1, -0.05) is 19.1 Å². The number of nitrogens with zero attached hydrogens (tertiary/aromatic N) is 3. The zero-order chi connectivity index (χ0) is 21.6. The Hall–Kier alpha value is -2.27. The van der Waals surface area contributed by atoms with Crippen molar-refractivity contribution in [3.8, 4) is 11.5 Å². The Kier molecular flexibility index (Phi) is 8.80. The number of piperazine rings is 1. The number of likely N-dealkylation sites (N-methyl/N-ethyl adjacent to an activating group) is 1. The second-order valence-electron chi connectivity index (χ2n) is 7.67. The van der Waals surface area contributed by atoms with Crippen LogP contribution in [0.2, 0.25) is 0 Å². The smallest absolute Gasteiger partial charge is 0.231 e. The Labute approximate surface area is 206 Å². The van der Waals surface area contributed by atoms with Gasteiger partial charge in [0.15, 0.2) is 17.5 Å². The van der Waals surface area contributed by atoms with Crippen molar-refractivity contribution in [2.45, 2.75) is 20.0 Å². The van der Waals surface area contributed by atoms with E-state index >= 15 is 0 Å². The van der Waals surface area contributed by atoms with Gasteiger partial charge in [-0.2, -0.15) is 0 Å². The first-order valence-electron chi connectivity index (χ1n) is 10.7. The summed E-state index contributed by atoms with van der Waals surface area (Å²) in [6, 6.07) is 11.3. The molecule has 0 atom stereocenters. The van der Waals surface area contributed by atoms with E-state index in [0.29, 0.717) is 24.7 Å². The van der Waals surface area contributed by atoms with Gasteiger partial charge >= 0.3 is 0 Å². The minimum atomic E-state index is -0.174. The number of nitrogens with one attached hydrogen (secondary N) is 2. The van der Waals surface area contributed by atoms with E-state index in [-0.39, 0.29) is 36.6 Å². The second-order valence-corrected chi connectivity index (χ2v) is 7.67. The molecule has 9 heteroatoms. The molecule has 4 rings (SSSR count). The number of anilines is 1. The van der Waals surface area contributed by atoms with Gasteiger partial charge in [-0.25, -0.2) is 4.39 Å². The van der Waals surface area contributed by atoms with Gasteiger partial charge < -0.3 is 29.9 Å². The number of hydrogen-bond donors (Lipinski definition) is 2. The number of aliphatic imine (C=N–C) groups is 1. The van der Waals surface area contributed by atoms with Crippen LogP contribution >= 0.6 is 24.0 Å². The van der Waals surface area contributed by atoms with Crippen LogP contribution in [0.4, 0.5) is 10.1 Å². The highest BCUT2D eigenvalue weighted by atomic mass is 127. The predicted octanol–water partition coefficient (Wildman–Crippen LogP) is 3.18. The number of hydrogen-bond acceptors (Lipinski definition) is 5. The summed E-state index contributed by atoms with van der Waals surface area (Å²) >= 11 is 0. The van der Waals surface area contributed by atoms with E-state index in [4.69, 9.17) is 9.47 Å². The number of rotatable bonds is 6. The van der Waals surface area contributed by atoms with E-state index in [2.05, 4.69) is 32.3 Å². The molecule has 174 valence electrons. The summed E-state index contributed by atoms with van der Waals surface area (Å²) in [5, 5.41) is 6.51. The highest BCUT2D eigenvalue weighted by Crippen LogP contribution is 2.32. The fourth-order valence-electron chi connectivity index (χ4n) is 3.86. The Morgan fingerprint density at radius 3 is 2.28 bits per heavy atom. The fourth-order valence-corrected chi connectivity index (χ4v) is 3.86. The van der Waals surface area contributed by atoms with Crippen LogP contribution in [-0.4, -0.2) is 57.4 Å². The zero-order valence-corrected chi connectivity index (χ0v) is 20.9. The lowest BCUT2D eigenvalue weighted by Gasteiger charge is -2.35. The molecule has 1 saturated heterocycles. The van der Waals surface area contributed by atoms with Crippen LogP contribution in [0, 0.1) is 5.82 Å². The summed E-state index contributed by atoms with van der Waals surface area (Å²) < 4.78 is 25.5. The molecule has 7 nitrogen and oxygen atoms in total. The molecule has 1 fully saturated rings. The van der Waals surface area contributed by atoms with Crippen molar-refractivity contribution in [2.75, 3.05) is 51.5 Å². The van der Waals surface area contributed by atoms with E-state index in [1.54, 1.807) is 13.1 Å². The summed E-state index contributed by atoms with van der Waals surface area (Å²) in [7, 11) is 1.72. The molecule has 0 radical (unpaired) electrons. The van der Waals surface area contributed by atoms with E-state index < -0.39 is 0 Å². The lowest BCUT2D eigenvalue weighted by atomic mass is 10.1. The summed E-state index contributed by atoms with van der Waals surface area (Å²) in [6.07, 6.45) is 0. The van der Waals surface area contributed by atoms with Crippen LogP contribution in [0.5, 0.6) is 11.5 Å². The Morgan fingerprint density at radius 1 is 0.969 bits per heavy atom. The van der Waals surface area contributed by atoms with Crippen LogP contribution < -0.4 is 25.0 Å². The maximum atomic E-state index is 14.7. The molecule has 2 N–H and O–H groups in total.